The van der Waals surface area contributed by atoms with E-state index in [1.807, 2.05) is 6.20 Å². The molecule has 0 bridgehead atoms. The number of rotatable bonds is 5. The Bertz CT molecular complexity index is 1120. The lowest BCUT2D eigenvalue weighted by Crippen LogP contribution is -2.50. The Kier molecular flexibility index (Phi) is 5.63. The van der Waals surface area contributed by atoms with Crippen molar-refractivity contribution in [1.29, 1.82) is 0 Å². The molecule has 2 saturated heterocycles. The molecule has 0 saturated carbocycles. The molecule has 0 amide bonds. The summed E-state index contributed by atoms with van der Waals surface area (Å²) in [6.07, 6.45) is 4.49. The molecule has 3 aromatic rings. The van der Waals surface area contributed by atoms with Crippen LogP contribution in [-0.2, 0) is 4.74 Å². The van der Waals surface area contributed by atoms with Gasteiger partial charge in [0.2, 0.25) is 0 Å². The number of hydrogen-bond donors (Lipinski definition) is 1. The van der Waals surface area contributed by atoms with Gasteiger partial charge in [0.15, 0.2) is 0 Å². The molecule has 170 valence electrons. The van der Waals surface area contributed by atoms with Gasteiger partial charge >= 0.3 is 0 Å². The van der Waals surface area contributed by atoms with E-state index in [0.29, 0.717) is 17.3 Å². The minimum atomic E-state index is 0.378. The number of H-pyrrole nitrogens is 1. The fourth-order valence-electron chi connectivity index (χ4n) is 5.70. The molecular weight excluding hydrogens is 394 g/mol. The molecule has 4 heterocycles. The van der Waals surface area contributed by atoms with Crippen molar-refractivity contribution < 1.29 is 4.74 Å². The molecule has 0 spiro atoms. The van der Waals surface area contributed by atoms with E-state index in [2.05, 4.69) is 73.8 Å². The maximum atomic E-state index is 5.46. The van der Waals surface area contributed by atoms with Crippen LogP contribution in [0.15, 0.2) is 30.5 Å². The van der Waals surface area contributed by atoms with Gasteiger partial charge < -0.3 is 14.6 Å². The van der Waals surface area contributed by atoms with Crippen LogP contribution >= 0.6 is 0 Å². The van der Waals surface area contributed by atoms with Crippen molar-refractivity contribution in [2.45, 2.75) is 59.3 Å². The molecule has 2 aliphatic heterocycles. The normalized spacial score (nSPS) is 19.6. The Hall–Kier alpha value is -2.17. The number of nitrogens with zero attached hydrogens (tertiary/aromatic N) is 2. The SMILES string of the molecule is Cc1cc(-c2[nH]c3ccc(C4CCN(CC5(C)COC5)CC4)cc3c2C(C)C)c(C)cn1. The monoisotopic (exact) mass is 431 g/mol. The molecular formula is C28H37N3O. The van der Waals surface area contributed by atoms with E-state index in [0.717, 1.165) is 18.9 Å². The smallest absolute Gasteiger partial charge is 0.0554 e. The second kappa shape index (κ2) is 8.31. The van der Waals surface area contributed by atoms with Crippen LogP contribution in [0.25, 0.3) is 22.2 Å². The van der Waals surface area contributed by atoms with Gasteiger partial charge in [0, 0.05) is 40.3 Å². The molecule has 2 aliphatic rings. The highest BCUT2D eigenvalue weighted by Gasteiger charge is 2.36. The number of aromatic amines is 1. The van der Waals surface area contributed by atoms with Crippen LogP contribution < -0.4 is 0 Å². The second-order valence-electron chi connectivity index (χ2n) is 10.9. The number of fused-ring (bicyclic) bond motifs is 1. The summed E-state index contributed by atoms with van der Waals surface area (Å²) >= 11 is 0. The third-order valence-corrected chi connectivity index (χ3v) is 7.51. The fourth-order valence-corrected chi connectivity index (χ4v) is 5.70. The van der Waals surface area contributed by atoms with Crippen LogP contribution in [0.2, 0.25) is 0 Å². The molecule has 2 fully saturated rings. The fraction of sp³-hybridized carbons (Fsp3) is 0.536. The summed E-state index contributed by atoms with van der Waals surface area (Å²) in [4.78, 5) is 10.9. The first kappa shape index (κ1) is 21.7. The Labute approximate surface area is 192 Å². The van der Waals surface area contributed by atoms with Gasteiger partial charge in [-0.15, -0.1) is 0 Å². The number of hydrogen-bond acceptors (Lipinski definition) is 3. The number of likely N-dealkylation sites (tertiary alicyclic amines) is 1. The Morgan fingerprint density at radius 1 is 1.16 bits per heavy atom. The van der Waals surface area contributed by atoms with Gasteiger partial charge in [-0.25, -0.2) is 0 Å². The van der Waals surface area contributed by atoms with Gasteiger partial charge in [-0.2, -0.15) is 0 Å². The van der Waals surface area contributed by atoms with Gasteiger partial charge in [0.05, 0.1) is 18.9 Å². The number of aryl methyl sites for hydroxylation is 2. The highest BCUT2D eigenvalue weighted by Crippen LogP contribution is 2.39. The van der Waals surface area contributed by atoms with Crippen LogP contribution in [0, 0.1) is 19.3 Å². The van der Waals surface area contributed by atoms with Crippen molar-refractivity contribution in [3.8, 4) is 11.3 Å². The molecule has 0 atom stereocenters. The largest absolute Gasteiger partial charge is 0.380 e. The minimum Gasteiger partial charge on any atom is -0.380 e. The maximum absolute atomic E-state index is 5.46. The van der Waals surface area contributed by atoms with E-state index in [-0.39, 0.29) is 0 Å². The van der Waals surface area contributed by atoms with E-state index in [4.69, 9.17) is 4.74 Å². The standard InChI is InChI=1S/C28H37N3O/c1-18(2)26-24-13-22(21-8-10-31(11-9-21)15-28(5)16-32-17-28)6-7-25(24)30-27(26)23-12-20(4)29-14-19(23)3/h6-7,12-14,18,21,30H,8-11,15-17H2,1-5H3. The third-order valence-electron chi connectivity index (χ3n) is 7.51. The van der Waals surface area contributed by atoms with Crippen LogP contribution in [-0.4, -0.2) is 47.7 Å². The molecule has 5 rings (SSSR count). The third kappa shape index (κ3) is 3.99. The molecule has 0 aliphatic carbocycles. The average Bonchev–Trinajstić information content (AvgIpc) is 3.13. The van der Waals surface area contributed by atoms with Gasteiger partial charge in [-0.3, -0.25) is 4.98 Å². The number of ether oxygens (including phenoxy) is 1. The Balaban J connectivity index is 1.43. The number of benzene rings is 1. The van der Waals surface area contributed by atoms with Crippen molar-refractivity contribution in [1.82, 2.24) is 14.9 Å². The molecule has 4 nitrogen and oxygen atoms in total. The highest BCUT2D eigenvalue weighted by atomic mass is 16.5. The lowest BCUT2D eigenvalue weighted by atomic mass is 9.84. The van der Waals surface area contributed by atoms with Crippen molar-refractivity contribution >= 4 is 10.9 Å². The first-order valence-electron chi connectivity index (χ1n) is 12.2. The molecule has 4 heteroatoms. The average molecular weight is 432 g/mol. The summed E-state index contributed by atoms with van der Waals surface area (Å²) in [5, 5.41) is 1.39. The van der Waals surface area contributed by atoms with E-state index in [1.165, 1.54) is 71.3 Å². The zero-order chi connectivity index (χ0) is 22.5. The first-order chi connectivity index (χ1) is 15.3. The van der Waals surface area contributed by atoms with E-state index in [9.17, 15) is 0 Å². The van der Waals surface area contributed by atoms with Crippen LogP contribution in [0.5, 0.6) is 0 Å². The summed E-state index contributed by atoms with van der Waals surface area (Å²) in [5.41, 5.74) is 9.40. The molecule has 1 N–H and O–H groups in total. The Morgan fingerprint density at radius 2 is 1.91 bits per heavy atom. The minimum absolute atomic E-state index is 0.378. The quantitative estimate of drug-likeness (QED) is 0.524. The Morgan fingerprint density at radius 3 is 2.56 bits per heavy atom. The van der Waals surface area contributed by atoms with Crippen molar-refractivity contribution in [2.24, 2.45) is 5.41 Å². The predicted molar refractivity (Wildman–Crippen MR) is 132 cm³/mol. The number of piperidine rings is 1. The molecule has 0 radical (unpaired) electrons. The summed E-state index contributed by atoms with van der Waals surface area (Å²) in [6.45, 7) is 16.6. The van der Waals surface area contributed by atoms with E-state index < -0.39 is 0 Å². The van der Waals surface area contributed by atoms with Gasteiger partial charge in [-0.05, 0) is 86.5 Å². The van der Waals surface area contributed by atoms with Crippen LogP contribution in [0.4, 0.5) is 0 Å². The second-order valence-corrected chi connectivity index (χ2v) is 10.9. The van der Waals surface area contributed by atoms with Gasteiger partial charge in [0.1, 0.15) is 0 Å². The van der Waals surface area contributed by atoms with Crippen LogP contribution in [0.3, 0.4) is 0 Å². The van der Waals surface area contributed by atoms with Crippen molar-refractivity contribution in [3.05, 3.63) is 52.8 Å². The van der Waals surface area contributed by atoms with Crippen molar-refractivity contribution in [2.75, 3.05) is 32.8 Å². The topological polar surface area (TPSA) is 41.2 Å². The lowest BCUT2D eigenvalue weighted by molar-refractivity contribution is -0.116. The summed E-state index contributed by atoms with van der Waals surface area (Å²) in [6, 6.07) is 9.37. The van der Waals surface area contributed by atoms with Gasteiger partial charge in [0.25, 0.3) is 0 Å². The molecule has 2 aromatic heterocycles. The molecule has 32 heavy (non-hydrogen) atoms. The summed E-state index contributed by atoms with van der Waals surface area (Å²) in [5.74, 6) is 1.11. The molecule has 0 unspecified atom stereocenters. The lowest BCUT2D eigenvalue weighted by Gasteiger charge is -2.43. The highest BCUT2D eigenvalue weighted by molar-refractivity contribution is 5.92. The predicted octanol–water partition coefficient (Wildman–Crippen LogP) is 6.19. The number of nitrogens with one attached hydrogen (secondary N) is 1. The zero-order valence-corrected chi connectivity index (χ0v) is 20.3. The first-order valence-corrected chi connectivity index (χ1v) is 12.2. The van der Waals surface area contributed by atoms with Crippen LogP contribution in [0.1, 0.15) is 67.8 Å². The zero-order valence-electron chi connectivity index (χ0n) is 20.3. The van der Waals surface area contributed by atoms with Gasteiger partial charge in [-0.1, -0.05) is 26.8 Å². The van der Waals surface area contributed by atoms with Crippen molar-refractivity contribution in [3.63, 3.8) is 0 Å². The summed E-state index contributed by atoms with van der Waals surface area (Å²) in [7, 11) is 0. The number of aromatic nitrogens is 2. The summed E-state index contributed by atoms with van der Waals surface area (Å²) < 4.78 is 5.46. The van der Waals surface area contributed by atoms with E-state index >= 15 is 0 Å². The van der Waals surface area contributed by atoms with E-state index in [1.54, 1.807) is 0 Å². The molecule has 1 aromatic carbocycles. The maximum Gasteiger partial charge on any atom is 0.0554 e. The number of pyridine rings is 1.